The van der Waals surface area contributed by atoms with Crippen molar-refractivity contribution in [3.63, 3.8) is 0 Å². The number of rotatable bonds is 4. The molecule has 0 amide bonds. The molecule has 2 aromatic rings. The predicted octanol–water partition coefficient (Wildman–Crippen LogP) is 1.87. The molecule has 1 aliphatic heterocycles. The zero-order chi connectivity index (χ0) is 13.2. The number of aliphatic hydroxyl groups is 1. The molecule has 2 atom stereocenters. The van der Waals surface area contributed by atoms with Gasteiger partial charge in [0.25, 0.3) is 0 Å². The van der Waals surface area contributed by atoms with Crippen LogP contribution in [-0.4, -0.2) is 34.1 Å². The number of aliphatic hydroxyl groups excluding tert-OH is 1. The van der Waals surface area contributed by atoms with Crippen LogP contribution in [0.15, 0.2) is 42.7 Å². The van der Waals surface area contributed by atoms with Crippen LogP contribution in [0.4, 0.5) is 5.69 Å². The van der Waals surface area contributed by atoms with E-state index in [1.54, 1.807) is 10.9 Å². The number of para-hydroxylation sites is 1. The van der Waals surface area contributed by atoms with Gasteiger partial charge in [0.1, 0.15) is 0 Å². The minimum Gasteiger partial charge on any atom is -0.389 e. The molecule has 0 radical (unpaired) electrons. The van der Waals surface area contributed by atoms with Crippen molar-refractivity contribution in [1.29, 1.82) is 0 Å². The molecule has 3 rings (SSSR count). The maximum absolute atomic E-state index is 10.2. The number of benzene rings is 1. The van der Waals surface area contributed by atoms with Crippen LogP contribution in [0.5, 0.6) is 0 Å². The molecule has 1 aromatic heterocycles. The van der Waals surface area contributed by atoms with Crippen molar-refractivity contribution in [1.82, 2.24) is 9.78 Å². The standard InChI is InChI=1S/C15H19N3O/c1-12-9-17(15-6-3-2-5-14(12)15)10-13(19)11-18-8-4-7-16-18/h2-8,12-13,19H,9-11H2,1H3/t12-,13+/m0/s1. The molecule has 0 saturated heterocycles. The fourth-order valence-corrected chi connectivity index (χ4v) is 2.83. The van der Waals surface area contributed by atoms with E-state index in [2.05, 4.69) is 41.2 Å². The second-order valence-electron chi connectivity index (χ2n) is 5.25. The van der Waals surface area contributed by atoms with Crippen LogP contribution in [0.3, 0.4) is 0 Å². The Morgan fingerprint density at radius 3 is 2.95 bits per heavy atom. The molecule has 4 nitrogen and oxygen atoms in total. The first kappa shape index (κ1) is 12.2. The van der Waals surface area contributed by atoms with Gasteiger partial charge >= 0.3 is 0 Å². The minimum atomic E-state index is -0.404. The largest absolute Gasteiger partial charge is 0.389 e. The van der Waals surface area contributed by atoms with Gasteiger partial charge in [0.05, 0.1) is 12.6 Å². The second-order valence-corrected chi connectivity index (χ2v) is 5.25. The Morgan fingerprint density at radius 2 is 2.16 bits per heavy atom. The summed E-state index contributed by atoms with van der Waals surface area (Å²) in [6, 6.07) is 10.3. The third-order valence-electron chi connectivity index (χ3n) is 3.69. The molecular formula is C15H19N3O. The number of nitrogens with zero attached hydrogens (tertiary/aromatic N) is 3. The first-order valence-electron chi connectivity index (χ1n) is 6.73. The lowest BCUT2D eigenvalue weighted by molar-refractivity contribution is 0.155. The lowest BCUT2D eigenvalue weighted by atomic mass is 10.0. The van der Waals surface area contributed by atoms with Gasteiger partial charge in [-0.2, -0.15) is 5.10 Å². The monoisotopic (exact) mass is 257 g/mol. The van der Waals surface area contributed by atoms with E-state index in [4.69, 9.17) is 0 Å². The molecule has 1 aromatic carbocycles. The summed E-state index contributed by atoms with van der Waals surface area (Å²) >= 11 is 0. The summed E-state index contributed by atoms with van der Waals surface area (Å²) < 4.78 is 1.77. The zero-order valence-electron chi connectivity index (χ0n) is 11.1. The van der Waals surface area contributed by atoms with E-state index in [0.29, 0.717) is 19.0 Å². The van der Waals surface area contributed by atoms with Crippen LogP contribution >= 0.6 is 0 Å². The molecule has 2 heterocycles. The number of β-amino-alcohol motifs (C(OH)–C–C–N with tert-alkyl or cyclic N) is 1. The summed E-state index contributed by atoms with van der Waals surface area (Å²) in [6.45, 7) is 4.41. The van der Waals surface area contributed by atoms with E-state index in [1.807, 2.05) is 12.3 Å². The topological polar surface area (TPSA) is 41.3 Å². The molecule has 0 unspecified atom stereocenters. The van der Waals surface area contributed by atoms with E-state index < -0.39 is 6.10 Å². The SMILES string of the molecule is C[C@H]1CN(C[C@@H](O)Cn2cccn2)c2ccccc21. The quantitative estimate of drug-likeness (QED) is 0.909. The molecule has 1 N–H and O–H groups in total. The van der Waals surface area contributed by atoms with Crippen molar-refractivity contribution in [2.45, 2.75) is 25.5 Å². The Kier molecular flexibility index (Phi) is 3.25. The van der Waals surface area contributed by atoms with Crippen LogP contribution in [0.2, 0.25) is 0 Å². The summed E-state index contributed by atoms with van der Waals surface area (Å²) in [6.07, 6.45) is 3.21. The highest BCUT2D eigenvalue weighted by molar-refractivity contribution is 5.59. The lowest BCUT2D eigenvalue weighted by Crippen LogP contribution is -2.34. The highest BCUT2D eigenvalue weighted by atomic mass is 16.3. The summed E-state index contributed by atoms with van der Waals surface area (Å²) in [5.41, 5.74) is 2.64. The predicted molar refractivity (Wildman–Crippen MR) is 75.3 cm³/mol. The van der Waals surface area contributed by atoms with Crippen LogP contribution in [0.25, 0.3) is 0 Å². The van der Waals surface area contributed by atoms with Gasteiger partial charge < -0.3 is 10.0 Å². The normalized spacial score (nSPS) is 19.5. The second kappa shape index (κ2) is 5.05. The van der Waals surface area contributed by atoms with E-state index in [-0.39, 0.29) is 0 Å². The van der Waals surface area contributed by atoms with Crippen molar-refractivity contribution in [2.24, 2.45) is 0 Å². The number of fused-ring (bicyclic) bond motifs is 1. The van der Waals surface area contributed by atoms with Gasteiger partial charge in [0, 0.05) is 37.1 Å². The van der Waals surface area contributed by atoms with Crippen molar-refractivity contribution < 1.29 is 5.11 Å². The fourth-order valence-electron chi connectivity index (χ4n) is 2.83. The Balaban J connectivity index is 1.68. The van der Waals surface area contributed by atoms with Crippen LogP contribution in [-0.2, 0) is 6.54 Å². The van der Waals surface area contributed by atoms with E-state index in [0.717, 1.165) is 6.54 Å². The maximum atomic E-state index is 10.2. The Labute approximate surface area is 113 Å². The van der Waals surface area contributed by atoms with Crippen LogP contribution < -0.4 is 4.90 Å². The van der Waals surface area contributed by atoms with E-state index in [1.165, 1.54) is 11.3 Å². The van der Waals surface area contributed by atoms with Gasteiger partial charge in [-0.25, -0.2) is 0 Å². The van der Waals surface area contributed by atoms with Crippen molar-refractivity contribution in [3.8, 4) is 0 Å². The third kappa shape index (κ3) is 2.49. The van der Waals surface area contributed by atoms with Crippen molar-refractivity contribution >= 4 is 5.69 Å². The molecule has 4 heteroatoms. The fraction of sp³-hybridized carbons (Fsp3) is 0.400. The summed E-state index contributed by atoms with van der Waals surface area (Å²) in [5, 5.41) is 14.3. The summed E-state index contributed by atoms with van der Waals surface area (Å²) in [4.78, 5) is 2.27. The molecule has 0 saturated carbocycles. The Morgan fingerprint density at radius 1 is 1.32 bits per heavy atom. The van der Waals surface area contributed by atoms with Crippen molar-refractivity contribution in [3.05, 3.63) is 48.3 Å². The molecule has 0 fully saturated rings. The highest BCUT2D eigenvalue weighted by Gasteiger charge is 2.26. The number of hydrogen-bond acceptors (Lipinski definition) is 3. The Hall–Kier alpha value is -1.81. The molecular weight excluding hydrogens is 238 g/mol. The molecule has 0 spiro atoms. The number of hydrogen-bond donors (Lipinski definition) is 1. The minimum absolute atomic E-state index is 0.404. The number of aromatic nitrogens is 2. The summed E-state index contributed by atoms with van der Waals surface area (Å²) in [5.74, 6) is 0.535. The Bertz CT molecular complexity index is 538. The molecule has 19 heavy (non-hydrogen) atoms. The van der Waals surface area contributed by atoms with E-state index in [9.17, 15) is 5.11 Å². The zero-order valence-corrected chi connectivity index (χ0v) is 11.1. The smallest absolute Gasteiger partial charge is 0.0910 e. The van der Waals surface area contributed by atoms with Crippen molar-refractivity contribution in [2.75, 3.05) is 18.0 Å². The first-order valence-corrected chi connectivity index (χ1v) is 6.73. The maximum Gasteiger partial charge on any atom is 0.0910 e. The molecule has 0 aliphatic carbocycles. The van der Waals surface area contributed by atoms with Gasteiger partial charge in [0.2, 0.25) is 0 Å². The van der Waals surface area contributed by atoms with Crippen LogP contribution in [0.1, 0.15) is 18.4 Å². The molecule has 100 valence electrons. The van der Waals surface area contributed by atoms with Crippen LogP contribution in [0, 0.1) is 0 Å². The van der Waals surface area contributed by atoms with Gasteiger partial charge in [-0.15, -0.1) is 0 Å². The molecule has 1 aliphatic rings. The van der Waals surface area contributed by atoms with E-state index >= 15 is 0 Å². The van der Waals surface area contributed by atoms with Gasteiger partial charge in [-0.1, -0.05) is 25.1 Å². The van der Waals surface area contributed by atoms with Gasteiger partial charge in [-0.05, 0) is 17.7 Å². The molecule has 0 bridgehead atoms. The number of anilines is 1. The summed E-state index contributed by atoms with van der Waals surface area (Å²) in [7, 11) is 0. The first-order chi connectivity index (χ1) is 9.24. The van der Waals surface area contributed by atoms with Gasteiger partial charge in [0.15, 0.2) is 0 Å². The average Bonchev–Trinajstić information content (AvgIpc) is 3.00. The lowest BCUT2D eigenvalue weighted by Gasteiger charge is -2.23. The third-order valence-corrected chi connectivity index (χ3v) is 3.69. The average molecular weight is 257 g/mol. The van der Waals surface area contributed by atoms with Gasteiger partial charge in [-0.3, -0.25) is 4.68 Å². The highest BCUT2D eigenvalue weighted by Crippen LogP contribution is 2.35.